The highest BCUT2D eigenvalue weighted by molar-refractivity contribution is 5.94. The zero-order chi connectivity index (χ0) is 17.2. The minimum absolute atomic E-state index is 0.132. The number of benzene rings is 1. The first-order valence-corrected chi connectivity index (χ1v) is 7.47. The summed E-state index contributed by atoms with van der Waals surface area (Å²) in [5.74, 6) is -1.59. The second-order valence-corrected chi connectivity index (χ2v) is 5.31. The first-order valence-electron chi connectivity index (χ1n) is 7.47. The number of carboxylic acid groups (broad SMARTS) is 1. The summed E-state index contributed by atoms with van der Waals surface area (Å²) >= 11 is 0. The molecule has 4 N–H and O–H groups in total. The maximum Gasteiger partial charge on any atom is 0.323 e. The molecule has 0 unspecified atom stereocenters. The van der Waals surface area contributed by atoms with Crippen LogP contribution < -0.4 is 11.1 Å². The summed E-state index contributed by atoms with van der Waals surface area (Å²) in [4.78, 5) is 35.2. The monoisotopic (exact) mass is 321 g/mol. The van der Waals surface area contributed by atoms with Gasteiger partial charge in [-0.1, -0.05) is 18.2 Å². The van der Waals surface area contributed by atoms with Crippen molar-refractivity contribution in [3.63, 3.8) is 0 Å². The van der Waals surface area contributed by atoms with E-state index < -0.39 is 12.0 Å². The van der Waals surface area contributed by atoms with Gasteiger partial charge >= 0.3 is 5.97 Å². The van der Waals surface area contributed by atoms with Crippen LogP contribution in [-0.4, -0.2) is 54.0 Å². The molecule has 2 amide bonds. The molecule has 0 saturated carbocycles. The number of hydrogen-bond acceptors (Lipinski definition) is 4. The van der Waals surface area contributed by atoms with E-state index in [4.69, 9.17) is 10.8 Å². The van der Waals surface area contributed by atoms with E-state index in [1.54, 1.807) is 24.3 Å². The third-order valence-corrected chi connectivity index (χ3v) is 3.33. The first kappa shape index (κ1) is 18.6. The number of hydrogen-bond donors (Lipinski definition) is 3. The van der Waals surface area contributed by atoms with E-state index in [2.05, 4.69) is 5.32 Å². The molecule has 0 spiro atoms. The van der Waals surface area contributed by atoms with Gasteiger partial charge in [0.25, 0.3) is 5.91 Å². The number of carbonyl (C=O) groups excluding carboxylic acids is 2. The highest BCUT2D eigenvalue weighted by Crippen LogP contribution is 2.03. The second kappa shape index (κ2) is 9.58. The van der Waals surface area contributed by atoms with Crippen LogP contribution in [0.3, 0.4) is 0 Å². The largest absolute Gasteiger partial charge is 0.480 e. The van der Waals surface area contributed by atoms with Gasteiger partial charge in [0.05, 0.1) is 6.04 Å². The Morgan fingerprint density at radius 3 is 2.48 bits per heavy atom. The Kier molecular flexibility index (Phi) is 7.76. The zero-order valence-electron chi connectivity index (χ0n) is 13.2. The molecule has 0 saturated heterocycles. The molecule has 23 heavy (non-hydrogen) atoms. The van der Waals surface area contributed by atoms with Gasteiger partial charge in [0, 0.05) is 19.2 Å². The van der Waals surface area contributed by atoms with Crippen molar-refractivity contribution < 1.29 is 19.5 Å². The third kappa shape index (κ3) is 6.92. The van der Waals surface area contributed by atoms with E-state index in [1.807, 2.05) is 6.07 Å². The van der Waals surface area contributed by atoms with Crippen LogP contribution in [0.4, 0.5) is 0 Å². The van der Waals surface area contributed by atoms with Gasteiger partial charge in [-0.25, -0.2) is 0 Å². The Hall–Kier alpha value is -2.41. The van der Waals surface area contributed by atoms with Crippen LogP contribution in [0.1, 0.15) is 29.6 Å². The first-order chi connectivity index (χ1) is 10.9. The van der Waals surface area contributed by atoms with Crippen LogP contribution in [0.2, 0.25) is 0 Å². The molecule has 0 bridgehead atoms. The van der Waals surface area contributed by atoms with Crippen molar-refractivity contribution in [1.82, 2.24) is 10.2 Å². The van der Waals surface area contributed by atoms with Gasteiger partial charge in [-0.2, -0.15) is 0 Å². The minimum Gasteiger partial charge on any atom is -0.480 e. The van der Waals surface area contributed by atoms with Crippen LogP contribution in [-0.2, 0) is 9.59 Å². The molecule has 0 aliphatic carbocycles. The smallest absolute Gasteiger partial charge is 0.323 e. The topological polar surface area (TPSA) is 113 Å². The predicted octanol–water partition coefficient (Wildman–Crippen LogP) is 0.457. The molecule has 1 atom stereocenters. The van der Waals surface area contributed by atoms with Crippen molar-refractivity contribution >= 4 is 17.8 Å². The van der Waals surface area contributed by atoms with E-state index in [-0.39, 0.29) is 18.4 Å². The predicted molar refractivity (Wildman–Crippen MR) is 85.9 cm³/mol. The van der Waals surface area contributed by atoms with Crippen molar-refractivity contribution in [2.75, 3.05) is 20.1 Å². The van der Waals surface area contributed by atoms with Crippen LogP contribution >= 0.6 is 0 Å². The molecule has 1 aromatic rings. The van der Waals surface area contributed by atoms with Gasteiger partial charge in [0.2, 0.25) is 5.91 Å². The standard InChI is InChI=1S/C16H23N3O4/c1-19(11-14(20)21)16(23)13(17)9-5-6-10-18-15(22)12-7-3-2-4-8-12/h2-4,7-8,13H,5-6,9-11,17H2,1H3,(H,18,22)(H,20,21)/t13-/m0/s1. The normalized spacial score (nSPS) is 11.6. The zero-order valence-corrected chi connectivity index (χ0v) is 13.2. The maximum atomic E-state index is 11.8. The molecule has 0 radical (unpaired) electrons. The molecule has 0 aliphatic heterocycles. The van der Waals surface area contributed by atoms with Gasteiger partial charge in [0.15, 0.2) is 0 Å². The van der Waals surface area contributed by atoms with Gasteiger partial charge in [-0.3, -0.25) is 14.4 Å². The quantitative estimate of drug-likeness (QED) is 0.572. The van der Waals surface area contributed by atoms with Gasteiger partial charge < -0.3 is 21.1 Å². The van der Waals surface area contributed by atoms with Crippen molar-refractivity contribution in [3.8, 4) is 0 Å². The fourth-order valence-electron chi connectivity index (χ4n) is 2.07. The summed E-state index contributed by atoms with van der Waals surface area (Å²) < 4.78 is 0. The highest BCUT2D eigenvalue weighted by atomic mass is 16.4. The summed E-state index contributed by atoms with van der Waals surface area (Å²) in [5, 5.41) is 11.4. The van der Waals surface area contributed by atoms with E-state index in [1.165, 1.54) is 7.05 Å². The van der Waals surface area contributed by atoms with E-state index in [0.717, 1.165) is 4.90 Å². The van der Waals surface area contributed by atoms with Crippen LogP contribution in [0, 0.1) is 0 Å². The number of rotatable bonds is 9. The van der Waals surface area contributed by atoms with E-state index >= 15 is 0 Å². The molecule has 1 rings (SSSR count). The van der Waals surface area contributed by atoms with E-state index in [0.29, 0.717) is 31.4 Å². The van der Waals surface area contributed by atoms with E-state index in [9.17, 15) is 14.4 Å². The third-order valence-electron chi connectivity index (χ3n) is 3.33. The molecule has 0 aliphatic rings. The summed E-state index contributed by atoms with van der Waals surface area (Å²) in [6.07, 6.45) is 1.81. The van der Waals surface area contributed by atoms with Crippen LogP contribution in [0.15, 0.2) is 30.3 Å². The maximum absolute atomic E-state index is 11.8. The average Bonchev–Trinajstić information content (AvgIpc) is 2.53. The number of amides is 2. The fraction of sp³-hybridized carbons (Fsp3) is 0.438. The Balaban J connectivity index is 2.20. The van der Waals surface area contributed by atoms with Crippen molar-refractivity contribution in [2.24, 2.45) is 5.73 Å². The number of likely N-dealkylation sites (N-methyl/N-ethyl adjacent to an activating group) is 1. The summed E-state index contributed by atoms with van der Waals surface area (Å²) in [7, 11) is 1.41. The highest BCUT2D eigenvalue weighted by Gasteiger charge is 2.19. The lowest BCUT2D eigenvalue weighted by molar-refractivity contribution is -0.144. The van der Waals surface area contributed by atoms with Gasteiger partial charge in [-0.15, -0.1) is 0 Å². The Labute approximate surface area is 135 Å². The van der Waals surface area contributed by atoms with Gasteiger partial charge in [-0.05, 0) is 31.4 Å². The van der Waals surface area contributed by atoms with Crippen LogP contribution in [0.5, 0.6) is 0 Å². The summed E-state index contributed by atoms with van der Waals surface area (Å²) in [6, 6.07) is 8.20. The molecule has 126 valence electrons. The number of aliphatic carboxylic acids is 1. The van der Waals surface area contributed by atoms with Crippen LogP contribution in [0.25, 0.3) is 0 Å². The Morgan fingerprint density at radius 1 is 1.22 bits per heavy atom. The molecule has 7 heteroatoms. The SMILES string of the molecule is CN(CC(=O)O)C(=O)[C@@H](N)CCCCNC(=O)c1ccccc1. The number of nitrogens with one attached hydrogen (secondary N) is 1. The number of nitrogens with two attached hydrogens (primary N) is 1. The summed E-state index contributed by atoms with van der Waals surface area (Å²) in [6.45, 7) is 0.138. The molecular weight excluding hydrogens is 298 g/mol. The second-order valence-electron chi connectivity index (χ2n) is 5.31. The number of unbranched alkanes of at least 4 members (excludes halogenated alkanes) is 1. The van der Waals surface area contributed by atoms with Crippen molar-refractivity contribution in [3.05, 3.63) is 35.9 Å². The minimum atomic E-state index is -1.07. The lowest BCUT2D eigenvalue weighted by atomic mass is 10.1. The molecule has 1 aromatic carbocycles. The Bertz CT molecular complexity index is 533. The van der Waals surface area contributed by atoms with Gasteiger partial charge in [0.1, 0.15) is 6.54 Å². The fourth-order valence-corrected chi connectivity index (χ4v) is 2.07. The number of carbonyl (C=O) groups is 3. The summed E-state index contributed by atoms with van der Waals surface area (Å²) in [5.41, 5.74) is 6.36. The number of carboxylic acids is 1. The molecule has 0 fully saturated rings. The molecule has 7 nitrogen and oxygen atoms in total. The van der Waals surface area contributed by atoms with Crippen molar-refractivity contribution in [2.45, 2.75) is 25.3 Å². The molecule has 0 heterocycles. The lowest BCUT2D eigenvalue weighted by Crippen LogP contribution is -2.43. The Morgan fingerprint density at radius 2 is 1.87 bits per heavy atom. The lowest BCUT2D eigenvalue weighted by Gasteiger charge is -2.19. The number of nitrogens with zero attached hydrogens (tertiary/aromatic N) is 1. The molecule has 0 aromatic heterocycles. The molecular formula is C16H23N3O4. The van der Waals surface area contributed by atoms with Crippen molar-refractivity contribution in [1.29, 1.82) is 0 Å². The average molecular weight is 321 g/mol.